The molecule has 0 saturated carbocycles. The van der Waals surface area contributed by atoms with Gasteiger partial charge in [0.25, 0.3) is 5.91 Å². The third kappa shape index (κ3) is 4.13. The van der Waals surface area contributed by atoms with Gasteiger partial charge in [0.1, 0.15) is 11.3 Å². The van der Waals surface area contributed by atoms with Gasteiger partial charge < -0.3 is 14.2 Å². The molecular weight excluding hydrogens is 380 g/mol. The number of carbonyl (C=O) groups excluding carboxylic acids is 1. The van der Waals surface area contributed by atoms with Crippen LogP contribution in [0.2, 0.25) is 0 Å². The van der Waals surface area contributed by atoms with Crippen LogP contribution in [0.4, 0.5) is 0 Å². The highest BCUT2D eigenvalue weighted by atomic mass is 35.5. The quantitative estimate of drug-likeness (QED) is 0.704. The molecule has 28 heavy (non-hydrogen) atoms. The van der Waals surface area contributed by atoms with Crippen molar-refractivity contribution < 1.29 is 13.6 Å². The molecule has 0 spiro atoms. The maximum absolute atomic E-state index is 12.6. The molecule has 1 amide bonds. The lowest BCUT2D eigenvalue weighted by atomic mass is 10.1. The Labute approximate surface area is 168 Å². The molecule has 2 aromatic heterocycles. The van der Waals surface area contributed by atoms with Gasteiger partial charge in [-0.15, -0.1) is 12.4 Å². The number of nitrogens with one attached hydrogen (secondary N) is 1. The third-order valence-corrected chi connectivity index (χ3v) is 5.02. The van der Waals surface area contributed by atoms with Crippen LogP contribution in [0.15, 0.2) is 56.3 Å². The Bertz CT molecular complexity index is 1010. The first kappa shape index (κ1) is 20.2. The van der Waals surface area contributed by atoms with Crippen LogP contribution >= 0.6 is 12.4 Å². The van der Waals surface area contributed by atoms with Gasteiger partial charge in [-0.3, -0.25) is 14.5 Å². The van der Waals surface area contributed by atoms with Gasteiger partial charge in [0.15, 0.2) is 11.2 Å². The first-order valence-electron chi connectivity index (χ1n) is 9.22. The second-order valence-corrected chi connectivity index (χ2v) is 6.96. The molecule has 148 valence electrons. The van der Waals surface area contributed by atoms with Gasteiger partial charge in [-0.25, -0.2) is 0 Å². The van der Waals surface area contributed by atoms with Crippen LogP contribution in [0.25, 0.3) is 11.0 Å². The lowest BCUT2D eigenvalue weighted by Gasteiger charge is -2.25. The van der Waals surface area contributed by atoms with Crippen LogP contribution < -0.4 is 10.7 Å². The molecule has 1 unspecified atom stereocenters. The van der Waals surface area contributed by atoms with Crippen LogP contribution in [0.3, 0.4) is 0 Å². The summed E-state index contributed by atoms with van der Waals surface area (Å²) in [6.07, 6.45) is 3.93. The lowest BCUT2D eigenvalue weighted by Crippen LogP contribution is -2.36. The van der Waals surface area contributed by atoms with Crippen molar-refractivity contribution in [2.45, 2.75) is 25.8 Å². The second kappa shape index (κ2) is 8.63. The van der Waals surface area contributed by atoms with Gasteiger partial charge in [-0.05, 0) is 62.7 Å². The highest BCUT2D eigenvalue weighted by Gasteiger charge is 2.26. The summed E-state index contributed by atoms with van der Waals surface area (Å²) in [7, 11) is 0. The number of fused-ring (bicyclic) bond motifs is 1. The maximum atomic E-state index is 12.6. The molecular formula is C21H23ClN2O4. The Morgan fingerprint density at radius 3 is 2.71 bits per heavy atom. The van der Waals surface area contributed by atoms with Crippen molar-refractivity contribution >= 4 is 29.3 Å². The van der Waals surface area contributed by atoms with Crippen LogP contribution in [0.1, 0.15) is 40.8 Å². The summed E-state index contributed by atoms with van der Waals surface area (Å²) in [6.45, 7) is 4.26. The molecule has 1 atom stereocenters. The molecule has 3 aromatic rings. The molecule has 1 N–H and O–H groups in total. The number of furan rings is 1. The molecule has 4 rings (SSSR count). The normalized spacial score (nSPS) is 15.3. The van der Waals surface area contributed by atoms with E-state index in [1.54, 1.807) is 18.4 Å². The number of hydrogen-bond donors (Lipinski definition) is 1. The van der Waals surface area contributed by atoms with Gasteiger partial charge in [0, 0.05) is 12.6 Å². The molecule has 1 aliphatic rings. The monoisotopic (exact) mass is 402 g/mol. The van der Waals surface area contributed by atoms with Crippen molar-refractivity contribution in [2.24, 2.45) is 0 Å². The predicted octanol–water partition coefficient (Wildman–Crippen LogP) is 3.68. The number of likely N-dealkylation sites (tertiary alicyclic amines) is 1. The standard InChI is InChI=1S/C21H22N2O4.ClH/c1-14-6-7-15-17(24)12-20(27-19(15)11-14)21(25)22-13-16(18-5-4-10-26-18)23-8-2-3-9-23;/h4-7,10-12,16H,2-3,8-9,13H2,1H3,(H,22,25);1H. The minimum atomic E-state index is -0.397. The fourth-order valence-electron chi connectivity index (χ4n) is 3.59. The SMILES string of the molecule is Cc1ccc2c(=O)cc(C(=O)NCC(c3ccco3)N3CCCC3)oc2c1.Cl. The minimum absolute atomic E-state index is 0. The van der Waals surface area contributed by atoms with Gasteiger partial charge in [-0.2, -0.15) is 0 Å². The van der Waals surface area contributed by atoms with Crippen molar-refractivity contribution in [1.82, 2.24) is 10.2 Å². The smallest absolute Gasteiger partial charge is 0.287 e. The molecule has 1 saturated heterocycles. The van der Waals surface area contributed by atoms with Gasteiger partial charge in [0.2, 0.25) is 0 Å². The largest absolute Gasteiger partial charge is 0.468 e. The molecule has 1 fully saturated rings. The minimum Gasteiger partial charge on any atom is -0.468 e. The van der Waals surface area contributed by atoms with Gasteiger partial charge in [0.05, 0.1) is 17.7 Å². The van der Waals surface area contributed by atoms with E-state index in [9.17, 15) is 9.59 Å². The van der Waals surface area contributed by atoms with E-state index in [2.05, 4.69) is 10.2 Å². The number of nitrogens with zero attached hydrogens (tertiary/aromatic N) is 1. The molecule has 0 radical (unpaired) electrons. The van der Waals surface area contributed by atoms with Crippen LogP contribution in [-0.2, 0) is 0 Å². The number of rotatable bonds is 5. The first-order valence-corrected chi connectivity index (χ1v) is 9.22. The van der Waals surface area contributed by atoms with E-state index in [0.29, 0.717) is 17.5 Å². The van der Waals surface area contributed by atoms with Gasteiger partial charge in [-0.1, -0.05) is 6.07 Å². The van der Waals surface area contributed by atoms with Gasteiger partial charge >= 0.3 is 0 Å². The van der Waals surface area contributed by atoms with Crippen LogP contribution in [-0.4, -0.2) is 30.4 Å². The zero-order chi connectivity index (χ0) is 18.8. The van der Waals surface area contributed by atoms with E-state index in [-0.39, 0.29) is 29.6 Å². The van der Waals surface area contributed by atoms with Crippen molar-refractivity contribution in [3.8, 4) is 0 Å². The molecule has 7 heteroatoms. The fourth-order valence-corrected chi connectivity index (χ4v) is 3.59. The summed E-state index contributed by atoms with van der Waals surface area (Å²) < 4.78 is 11.3. The number of carbonyl (C=O) groups is 1. The highest BCUT2D eigenvalue weighted by molar-refractivity contribution is 5.93. The Hall–Kier alpha value is -2.57. The van der Waals surface area contributed by atoms with E-state index >= 15 is 0 Å². The molecule has 6 nitrogen and oxygen atoms in total. The number of hydrogen-bond acceptors (Lipinski definition) is 5. The average molecular weight is 403 g/mol. The van der Waals surface area contributed by atoms with Crippen molar-refractivity contribution in [1.29, 1.82) is 0 Å². The van der Waals surface area contributed by atoms with Crippen molar-refractivity contribution in [3.63, 3.8) is 0 Å². The zero-order valence-electron chi connectivity index (χ0n) is 15.6. The number of benzene rings is 1. The molecule has 0 bridgehead atoms. The summed E-state index contributed by atoms with van der Waals surface area (Å²) in [5.41, 5.74) is 1.17. The topological polar surface area (TPSA) is 75.7 Å². The lowest BCUT2D eigenvalue weighted by molar-refractivity contribution is 0.0906. The fraction of sp³-hybridized carbons (Fsp3) is 0.333. The zero-order valence-corrected chi connectivity index (χ0v) is 16.5. The molecule has 3 heterocycles. The Morgan fingerprint density at radius 1 is 1.21 bits per heavy atom. The van der Waals surface area contributed by atoms with Crippen molar-refractivity contribution in [2.75, 3.05) is 19.6 Å². The molecule has 1 aliphatic heterocycles. The average Bonchev–Trinajstić information content (AvgIpc) is 3.35. The van der Waals surface area contributed by atoms with E-state index < -0.39 is 5.91 Å². The summed E-state index contributed by atoms with van der Waals surface area (Å²) in [5.74, 6) is 0.455. The summed E-state index contributed by atoms with van der Waals surface area (Å²) in [5, 5.41) is 3.37. The van der Waals surface area contributed by atoms with E-state index in [1.165, 1.54) is 6.07 Å². The molecule has 1 aromatic carbocycles. The van der Waals surface area contributed by atoms with Crippen LogP contribution in [0, 0.1) is 6.92 Å². The number of aryl methyl sites for hydroxylation is 1. The summed E-state index contributed by atoms with van der Waals surface area (Å²) in [4.78, 5) is 27.2. The maximum Gasteiger partial charge on any atom is 0.287 e. The first-order chi connectivity index (χ1) is 13.1. The summed E-state index contributed by atoms with van der Waals surface area (Å²) in [6, 6.07) is 10.3. The Morgan fingerprint density at radius 2 is 2.00 bits per heavy atom. The number of amides is 1. The second-order valence-electron chi connectivity index (χ2n) is 6.96. The van der Waals surface area contributed by atoms with E-state index in [1.807, 2.05) is 25.1 Å². The van der Waals surface area contributed by atoms with Crippen molar-refractivity contribution in [3.05, 3.63) is 70.0 Å². The predicted molar refractivity (Wildman–Crippen MR) is 109 cm³/mol. The highest BCUT2D eigenvalue weighted by Crippen LogP contribution is 2.25. The van der Waals surface area contributed by atoms with E-state index in [4.69, 9.17) is 8.83 Å². The summed E-state index contributed by atoms with van der Waals surface area (Å²) >= 11 is 0. The van der Waals surface area contributed by atoms with E-state index in [0.717, 1.165) is 37.3 Å². The molecule has 0 aliphatic carbocycles. The van der Waals surface area contributed by atoms with Crippen LogP contribution in [0.5, 0.6) is 0 Å². The Balaban J connectivity index is 0.00000225. The third-order valence-electron chi connectivity index (χ3n) is 5.02. The number of halogens is 1. The Kier molecular flexibility index (Phi) is 6.21.